The van der Waals surface area contributed by atoms with Crippen LogP contribution in [0.25, 0.3) is 0 Å². The molecule has 1 fully saturated rings. The highest BCUT2D eigenvalue weighted by Crippen LogP contribution is 2.37. The topological polar surface area (TPSA) is 66.0 Å². The van der Waals surface area contributed by atoms with Gasteiger partial charge in [-0.2, -0.15) is 31.3 Å². The Hall–Kier alpha value is -3.57. The lowest BCUT2D eigenvalue weighted by Crippen LogP contribution is -2.29. The first-order valence-corrected chi connectivity index (χ1v) is 11.5. The molecule has 3 heterocycles. The first-order valence-electron chi connectivity index (χ1n) is 11.5. The Morgan fingerprint density at radius 3 is 2.25 bits per heavy atom. The Labute approximate surface area is 202 Å². The molecule has 0 saturated heterocycles. The zero-order valence-electron chi connectivity index (χ0n) is 18.9. The number of aromatic nitrogens is 3. The molecule has 0 unspecified atom stereocenters. The molecule has 1 saturated carbocycles. The molecule has 0 bridgehead atoms. The highest BCUT2D eigenvalue weighted by Gasteiger charge is 2.36. The van der Waals surface area contributed by atoms with Crippen LogP contribution in [0.2, 0.25) is 0 Å². The van der Waals surface area contributed by atoms with E-state index >= 15 is 0 Å². The standard InChI is InChI=1S/C24H22F6N6/c25-23(26,27)14-3-5-15(6-4-14)32-20-17-9-12-36(21-18(24(28,29)30)2-1-11-31-21)13-10-19(17)34-22(35-20)33-16-7-8-16/h1-6,11,16H,7-10,12-13H2,(H2,32,33,34,35). The van der Waals surface area contributed by atoms with Gasteiger partial charge in [-0.3, -0.25) is 0 Å². The molecule has 12 heteroatoms. The Morgan fingerprint density at radius 1 is 0.861 bits per heavy atom. The molecule has 2 aromatic heterocycles. The van der Waals surface area contributed by atoms with Crippen LogP contribution in [-0.4, -0.2) is 34.1 Å². The van der Waals surface area contributed by atoms with E-state index in [4.69, 9.17) is 0 Å². The van der Waals surface area contributed by atoms with Gasteiger partial charge in [0, 0.05) is 43.0 Å². The van der Waals surface area contributed by atoms with E-state index in [9.17, 15) is 26.3 Å². The van der Waals surface area contributed by atoms with Crippen molar-refractivity contribution in [2.75, 3.05) is 28.6 Å². The summed E-state index contributed by atoms with van der Waals surface area (Å²) in [5.41, 5.74) is 0.225. The fraction of sp³-hybridized carbons (Fsp3) is 0.375. The van der Waals surface area contributed by atoms with E-state index in [1.807, 2.05) is 0 Å². The number of pyridine rings is 1. The molecule has 1 aromatic carbocycles. The van der Waals surface area contributed by atoms with Crippen LogP contribution in [0.1, 0.15) is 35.2 Å². The second-order valence-corrected chi connectivity index (χ2v) is 8.80. The third-order valence-corrected chi connectivity index (χ3v) is 6.12. The quantitative estimate of drug-likeness (QED) is 0.423. The second-order valence-electron chi connectivity index (χ2n) is 8.80. The molecule has 6 nitrogen and oxygen atoms in total. The smallest absolute Gasteiger partial charge is 0.355 e. The molecule has 3 aromatic rings. The van der Waals surface area contributed by atoms with Gasteiger partial charge in [-0.05, 0) is 55.7 Å². The Morgan fingerprint density at radius 2 is 1.58 bits per heavy atom. The van der Waals surface area contributed by atoms with E-state index in [1.54, 1.807) is 4.90 Å². The molecule has 0 radical (unpaired) electrons. The number of nitrogens with zero attached hydrogens (tertiary/aromatic N) is 4. The summed E-state index contributed by atoms with van der Waals surface area (Å²) in [7, 11) is 0. The summed E-state index contributed by atoms with van der Waals surface area (Å²) in [5, 5.41) is 6.32. The fourth-order valence-electron chi connectivity index (χ4n) is 4.14. The molecule has 2 N–H and O–H groups in total. The number of rotatable bonds is 5. The van der Waals surface area contributed by atoms with Gasteiger partial charge >= 0.3 is 12.4 Å². The van der Waals surface area contributed by atoms with Crippen LogP contribution in [0, 0.1) is 0 Å². The van der Waals surface area contributed by atoms with Crippen LogP contribution < -0.4 is 15.5 Å². The maximum Gasteiger partial charge on any atom is 0.419 e. The van der Waals surface area contributed by atoms with Gasteiger partial charge in [0.1, 0.15) is 11.6 Å². The van der Waals surface area contributed by atoms with Crippen molar-refractivity contribution in [2.24, 2.45) is 0 Å². The predicted octanol–water partition coefficient (Wildman–Crippen LogP) is 5.83. The molecule has 1 aliphatic carbocycles. The first-order chi connectivity index (χ1) is 17.1. The van der Waals surface area contributed by atoms with Gasteiger partial charge in [0.05, 0.1) is 16.8 Å². The molecule has 0 atom stereocenters. The van der Waals surface area contributed by atoms with Crippen LogP contribution >= 0.6 is 0 Å². The number of fused-ring (bicyclic) bond motifs is 1. The van der Waals surface area contributed by atoms with Crippen molar-refractivity contribution in [3.63, 3.8) is 0 Å². The van der Waals surface area contributed by atoms with Gasteiger partial charge in [0.2, 0.25) is 5.95 Å². The van der Waals surface area contributed by atoms with Crippen molar-refractivity contribution in [3.8, 4) is 0 Å². The number of anilines is 4. The van der Waals surface area contributed by atoms with Gasteiger partial charge in [-0.1, -0.05) is 0 Å². The number of halogens is 6. The van der Waals surface area contributed by atoms with Gasteiger partial charge in [-0.25, -0.2) is 9.97 Å². The SMILES string of the molecule is FC(F)(F)c1ccc(Nc2nc(NC3CC3)nc3c2CCN(c2ncccc2C(F)(F)F)CC3)cc1. The average Bonchev–Trinajstić information content (AvgIpc) is 3.65. The first kappa shape index (κ1) is 24.1. The predicted molar refractivity (Wildman–Crippen MR) is 122 cm³/mol. The minimum Gasteiger partial charge on any atom is -0.355 e. The Balaban J connectivity index is 1.45. The zero-order valence-corrected chi connectivity index (χ0v) is 18.9. The van der Waals surface area contributed by atoms with Crippen molar-refractivity contribution in [3.05, 3.63) is 65.0 Å². The van der Waals surface area contributed by atoms with Gasteiger partial charge in [-0.15, -0.1) is 0 Å². The van der Waals surface area contributed by atoms with Crippen LogP contribution in [0.3, 0.4) is 0 Å². The van der Waals surface area contributed by atoms with Crippen LogP contribution in [0.5, 0.6) is 0 Å². The number of nitrogens with one attached hydrogen (secondary N) is 2. The van der Waals surface area contributed by atoms with Gasteiger partial charge < -0.3 is 15.5 Å². The van der Waals surface area contributed by atoms with Crippen molar-refractivity contribution in [1.82, 2.24) is 15.0 Å². The van der Waals surface area contributed by atoms with E-state index in [-0.39, 0.29) is 24.9 Å². The maximum absolute atomic E-state index is 13.6. The van der Waals surface area contributed by atoms with Crippen molar-refractivity contribution in [2.45, 2.75) is 44.1 Å². The molecule has 5 rings (SSSR count). The van der Waals surface area contributed by atoms with Gasteiger partial charge in [0.25, 0.3) is 0 Å². The molecular weight excluding hydrogens is 486 g/mol. The lowest BCUT2D eigenvalue weighted by Gasteiger charge is -2.24. The van der Waals surface area contributed by atoms with E-state index in [1.165, 1.54) is 24.4 Å². The molecule has 2 aliphatic rings. The summed E-state index contributed by atoms with van der Waals surface area (Å²) in [4.78, 5) is 14.8. The lowest BCUT2D eigenvalue weighted by molar-refractivity contribution is -0.138. The third kappa shape index (κ3) is 5.31. The molecule has 0 spiro atoms. The Kier molecular flexibility index (Phi) is 6.13. The zero-order chi connectivity index (χ0) is 25.5. The molecule has 0 amide bonds. The van der Waals surface area contributed by atoms with E-state index in [0.29, 0.717) is 41.6 Å². The van der Waals surface area contributed by atoms with Crippen molar-refractivity contribution in [1.29, 1.82) is 0 Å². The van der Waals surface area contributed by atoms with E-state index in [2.05, 4.69) is 25.6 Å². The Bertz CT molecular complexity index is 1240. The van der Waals surface area contributed by atoms with Crippen molar-refractivity contribution < 1.29 is 26.3 Å². The molecular formula is C24H22F6N6. The summed E-state index contributed by atoms with van der Waals surface area (Å²) in [6.45, 7) is 0.514. The van der Waals surface area contributed by atoms with Crippen LogP contribution in [-0.2, 0) is 25.2 Å². The number of hydrogen-bond acceptors (Lipinski definition) is 6. The van der Waals surface area contributed by atoms with E-state index < -0.39 is 23.5 Å². The summed E-state index contributed by atoms with van der Waals surface area (Å²) in [6.07, 6.45) is -5.01. The molecule has 1 aliphatic heterocycles. The van der Waals surface area contributed by atoms with Crippen molar-refractivity contribution >= 4 is 23.3 Å². The third-order valence-electron chi connectivity index (χ3n) is 6.12. The number of hydrogen-bond donors (Lipinski definition) is 2. The minimum atomic E-state index is -4.54. The minimum absolute atomic E-state index is 0.139. The highest BCUT2D eigenvalue weighted by atomic mass is 19.4. The average molecular weight is 508 g/mol. The normalized spacial score (nSPS) is 16.3. The molecule has 36 heavy (non-hydrogen) atoms. The molecule has 190 valence electrons. The summed E-state index contributed by atoms with van der Waals surface area (Å²) in [6, 6.07) is 7.12. The van der Waals surface area contributed by atoms with E-state index in [0.717, 1.165) is 31.0 Å². The number of benzene rings is 1. The van der Waals surface area contributed by atoms with Crippen LogP contribution in [0.4, 0.5) is 49.6 Å². The summed E-state index contributed by atoms with van der Waals surface area (Å²) >= 11 is 0. The highest BCUT2D eigenvalue weighted by molar-refractivity contribution is 5.63. The number of alkyl halides is 6. The van der Waals surface area contributed by atoms with Crippen LogP contribution in [0.15, 0.2) is 42.6 Å². The largest absolute Gasteiger partial charge is 0.419 e. The fourth-order valence-corrected chi connectivity index (χ4v) is 4.14. The maximum atomic E-state index is 13.6. The monoisotopic (exact) mass is 508 g/mol. The summed E-state index contributed by atoms with van der Waals surface area (Å²) in [5.74, 6) is 0.661. The second kappa shape index (κ2) is 9.14. The summed E-state index contributed by atoms with van der Waals surface area (Å²) < 4.78 is 79.6. The van der Waals surface area contributed by atoms with Gasteiger partial charge in [0.15, 0.2) is 0 Å². The lowest BCUT2D eigenvalue weighted by atomic mass is 10.1.